The van der Waals surface area contributed by atoms with Crippen molar-refractivity contribution in [2.24, 2.45) is 0 Å². The van der Waals surface area contributed by atoms with Gasteiger partial charge in [-0.2, -0.15) is 0 Å². The molecule has 1 N–H and O–H groups in total. The van der Waals surface area contributed by atoms with Crippen LogP contribution >= 0.6 is 0 Å². The minimum absolute atomic E-state index is 0.0584. The highest BCUT2D eigenvalue weighted by molar-refractivity contribution is 5.15. The molecule has 0 fully saturated rings. The predicted molar refractivity (Wildman–Crippen MR) is 70.9 cm³/mol. The molecule has 1 atom stereocenters. The van der Waals surface area contributed by atoms with Crippen molar-refractivity contribution < 1.29 is 9.13 Å². The Kier molecular flexibility index (Phi) is 5.69. The lowest BCUT2D eigenvalue weighted by molar-refractivity contribution is 0.00680. The van der Waals surface area contributed by atoms with Gasteiger partial charge in [0.1, 0.15) is 5.82 Å². The Morgan fingerprint density at radius 2 is 2.17 bits per heavy atom. The fourth-order valence-electron chi connectivity index (χ4n) is 1.82. The molecule has 0 saturated carbocycles. The maximum absolute atomic E-state index is 13.2. The second-order valence-electron chi connectivity index (χ2n) is 5.11. The number of nitrogens with one attached hydrogen (secondary N) is 1. The largest absolute Gasteiger partial charge is 0.379 e. The van der Waals surface area contributed by atoms with Gasteiger partial charge in [-0.05, 0) is 44.9 Å². The molecule has 0 aliphatic rings. The maximum atomic E-state index is 13.2. The average molecular weight is 254 g/mol. The lowest BCUT2D eigenvalue weighted by Gasteiger charge is -2.29. The van der Waals surface area contributed by atoms with Crippen LogP contribution in [0.2, 0.25) is 0 Å². The van der Waals surface area contributed by atoms with Crippen LogP contribution in [0.3, 0.4) is 0 Å². The summed E-state index contributed by atoms with van der Waals surface area (Å²) in [6.45, 7) is 7.05. The first-order valence-electron chi connectivity index (χ1n) is 6.37. The Labute approximate surface area is 109 Å². The van der Waals surface area contributed by atoms with Crippen LogP contribution in [0.1, 0.15) is 45.2 Å². The van der Waals surface area contributed by atoms with Crippen LogP contribution < -0.4 is 5.32 Å². The molecule has 0 aromatic carbocycles. The number of rotatable bonds is 7. The standard InChI is InChI=1S/C14H23FN2O/c1-5-6-17-13(8-14(2,3)18-4)11-7-12(15)10-16-9-11/h7,9-10,13,17H,5-6,8H2,1-4H3. The van der Waals surface area contributed by atoms with Crippen LogP contribution in [0.15, 0.2) is 18.5 Å². The van der Waals surface area contributed by atoms with Crippen molar-refractivity contribution in [1.82, 2.24) is 10.3 Å². The van der Waals surface area contributed by atoms with Crippen molar-refractivity contribution in [1.29, 1.82) is 0 Å². The zero-order valence-corrected chi connectivity index (χ0v) is 11.7. The Balaban J connectivity index is 2.84. The molecule has 18 heavy (non-hydrogen) atoms. The number of aromatic nitrogens is 1. The zero-order chi connectivity index (χ0) is 13.6. The van der Waals surface area contributed by atoms with E-state index in [4.69, 9.17) is 4.74 Å². The van der Waals surface area contributed by atoms with Gasteiger partial charge >= 0.3 is 0 Å². The number of hydrogen-bond donors (Lipinski definition) is 1. The molecule has 1 aromatic heterocycles. The van der Waals surface area contributed by atoms with Gasteiger partial charge in [0.15, 0.2) is 0 Å². The maximum Gasteiger partial charge on any atom is 0.141 e. The molecule has 0 saturated heterocycles. The molecular formula is C14H23FN2O. The third-order valence-electron chi connectivity index (χ3n) is 3.02. The minimum atomic E-state index is -0.300. The predicted octanol–water partition coefficient (Wildman–Crippen LogP) is 3.08. The van der Waals surface area contributed by atoms with Gasteiger partial charge in [0, 0.05) is 19.3 Å². The topological polar surface area (TPSA) is 34.1 Å². The van der Waals surface area contributed by atoms with Crippen LogP contribution in [0.25, 0.3) is 0 Å². The molecule has 102 valence electrons. The molecule has 0 bridgehead atoms. The van der Waals surface area contributed by atoms with Crippen LogP contribution in [0.4, 0.5) is 4.39 Å². The third-order valence-corrected chi connectivity index (χ3v) is 3.02. The first-order valence-corrected chi connectivity index (χ1v) is 6.37. The van der Waals surface area contributed by atoms with E-state index in [1.54, 1.807) is 13.3 Å². The smallest absolute Gasteiger partial charge is 0.141 e. The minimum Gasteiger partial charge on any atom is -0.379 e. The van der Waals surface area contributed by atoms with Gasteiger partial charge in [0.05, 0.1) is 11.8 Å². The van der Waals surface area contributed by atoms with Gasteiger partial charge in [-0.25, -0.2) is 4.39 Å². The summed E-state index contributed by atoms with van der Waals surface area (Å²) in [4.78, 5) is 3.91. The van der Waals surface area contributed by atoms with Gasteiger partial charge in [0.2, 0.25) is 0 Å². The number of methoxy groups -OCH3 is 1. The van der Waals surface area contributed by atoms with Crippen LogP contribution in [-0.4, -0.2) is 24.2 Å². The van der Waals surface area contributed by atoms with Crippen molar-refractivity contribution in [3.63, 3.8) is 0 Å². The molecule has 1 rings (SSSR count). The fourth-order valence-corrected chi connectivity index (χ4v) is 1.82. The Morgan fingerprint density at radius 1 is 1.44 bits per heavy atom. The molecule has 0 amide bonds. The summed E-state index contributed by atoms with van der Waals surface area (Å²) in [6, 6.07) is 1.59. The van der Waals surface area contributed by atoms with Crippen molar-refractivity contribution in [3.8, 4) is 0 Å². The summed E-state index contributed by atoms with van der Waals surface area (Å²) in [5.74, 6) is -0.300. The summed E-state index contributed by atoms with van der Waals surface area (Å²) >= 11 is 0. The second-order valence-corrected chi connectivity index (χ2v) is 5.11. The lowest BCUT2D eigenvalue weighted by Crippen LogP contribution is -2.32. The molecule has 0 aliphatic carbocycles. The van der Waals surface area contributed by atoms with E-state index in [0.717, 1.165) is 24.9 Å². The highest BCUT2D eigenvalue weighted by Gasteiger charge is 2.24. The number of halogens is 1. The van der Waals surface area contributed by atoms with Gasteiger partial charge in [-0.3, -0.25) is 4.98 Å². The Hall–Kier alpha value is -1.00. The Morgan fingerprint density at radius 3 is 2.72 bits per heavy atom. The van der Waals surface area contributed by atoms with E-state index in [1.807, 2.05) is 13.8 Å². The van der Waals surface area contributed by atoms with Crippen LogP contribution in [-0.2, 0) is 4.74 Å². The van der Waals surface area contributed by atoms with Crippen molar-refractivity contribution in [2.75, 3.05) is 13.7 Å². The van der Waals surface area contributed by atoms with Crippen molar-refractivity contribution >= 4 is 0 Å². The van der Waals surface area contributed by atoms with E-state index in [9.17, 15) is 4.39 Å². The molecule has 1 aromatic rings. The van der Waals surface area contributed by atoms with E-state index < -0.39 is 0 Å². The van der Waals surface area contributed by atoms with Gasteiger partial charge in [-0.15, -0.1) is 0 Å². The van der Waals surface area contributed by atoms with Gasteiger partial charge in [-0.1, -0.05) is 6.92 Å². The molecular weight excluding hydrogens is 231 g/mol. The molecule has 3 nitrogen and oxygen atoms in total. The normalized spacial score (nSPS) is 13.6. The molecule has 1 unspecified atom stereocenters. The van der Waals surface area contributed by atoms with Crippen LogP contribution in [0, 0.1) is 5.82 Å². The summed E-state index contributed by atoms with van der Waals surface area (Å²) in [5, 5.41) is 3.42. The number of nitrogens with zero attached hydrogens (tertiary/aromatic N) is 1. The molecule has 0 aliphatic heterocycles. The van der Waals surface area contributed by atoms with E-state index in [2.05, 4.69) is 17.2 Å². The molecule has 1 heterocycles. The van der Waals surface area contributed by atoms with Gasteiger partial charge in [0.25, 0.3) is 0 Å². The summed E-state index contributed by atoms with van der Waals surface area (Å²) in [7, 11) is 1.70. The molecule has 4 heteroatoms. The van der Waals surface area contributed by atoms with E-state index in [-0.39, 0.29) is 17.5 Å². The summed E-state index contributed by atoms with van der Waals surface area (Å²) < 4.78 is 18.7. The summed E-state index contributed by atoms with van der Waals surface area (Å²) in [5.41, 5.74) is 0.617. The lowest BCUT2D eigenvalue weighted by atomic mass is 9.94. The number of pyridine rings is 1. The summed E-state index contributed by atoms with van der Waals surface area (Å²) in [6.07, 6.45) is 4.74. The third kappa shape index (κ3) is 4.70. The van der Waals surface area contributed by atoms with E-state index in [1.165, 1.54) is 12.3 Å². The highest BCUT2D eigenvalue weighted by Crippen LogP contribution is 2.25. The van der Waals surface area contributed by atoms with Crippen LogP contribution in [0.5, 0.6) is 0 Å². The molecule has 0 radical (unpaired) electrons. The van der Waals surface area contributed by atoms with Crippen molar-refractivity contribution in [3.05, 3.63) is 29.8 Å². The van der Waals surface area contributed by atoms with Gasteiger partial charge < -0.3 is 10.1 Å². The number of ether oxygens (including phenoxy) is 1. The highest BCUT2D eigenvalue weighted by atomic mass is 19.1. The van der Waals surface area contributed by atoms with Crippen molar-refractivity contribution in [2.45, 2.75) is 45.3 Å². The zero-order valence-electron chi connectivity index (χ0n) is 11.7. The molecule has 0 spiro atoms. The second kappa shape index (κ2) is 6.81. The van der Waals surface area contributed by atoms with E-state index >= 15 is 0 Å². The first-order chi connectivity index (χ1) is 8.48. The van der Waals surface area contributed by atoms with E-state index in [0.29, 0.717) is 0 Å². The quantitative estimate of drug-likeness (QED) is 0.812. The Bertz CT molecular complexity index is 369. The average Bonchev–Trinajstić information content (AvgIpc) is 2.34. The monoisotopic (exact) mass is 254 g/mol. The first kappa shape index (κ1) is 15.1. The fraction of sp³-hybridized carbons (Fsp3) is 0.643. The number of hydrogen-bond acceptors (Lipinski definition) is 3. The SMILES string of the molecule is CCCNC(CC(C)(C)OC)c1cncc(F)c1.